The largest absolute Gasteiger partial charge is 0.382 e. The van der Waals surface area contributed by atoms with E-state index in [2.05, 4.69) is 15.2 Å². The molecular weight excluding hydrogens is 125 g/mol. The summed E-state index contributed by atoms with van der Waals surface area (Å²) in [4.78, 5) is 11.7. The van der Waals surface area contributed by atoms with E-state index in [1.807, 2.05) is 0 Å². The van der Waals surface area contributed by atoms with Crippen LogP contribution in [0.25, 0.3) is 0 Å². The third-order valence-electron chi connectivity index (χ3n) is 0.928. The summed E-state index contributed by atoms with van der Waals surface area (Å²) in [6, 6.07) is 0. The lowest BCUT2D eigenvalue weighted by molar-refractivity contribution is 0.284. The van der Waals surface area contributed by atoms with Crippen molar-refractivity contribution in [2.24, 2.45) is 0 Å². The number of imidazole rings is 1. The first-order valence-electron chi connectivity index (χ1n) is 2.18. The molecule has 0 saturated heterocycles. The summed E-state index contributed by atoms with van der Waals surface area (Å²) in [5.41, 5.74) is 1.05. The molecule has 0 aromatic carbocycles. The van der Waals surface area contributed by atoms with Gasteiger partial charge in [-0.05, 0) is 0 Å². The molecule has 1 aromatic rings. The van der Waals surface area contributed by atoms with Crippen LogP contribution in [0, 0.1) is 0 Å². The van der Waals surface area contributed by atoms with Crippen molar-refractivity contribution >= 4 is 14.2 Å². The van der Waals surface area contributed by atoms with Crippen molar-refractivity contribution in [3.05, 3.63) is 6.33 Å². The normalized spacial score (nSPS) is 18.5. The molecule has 42 valence electrons. The van der Waals surface area contributed by atoms with Crippen LogP contribution in [0.15, 0.2) is 6.33 Å². The van der Waals surface area contributed by atoms with Crippen LogP contribution in [0.5, 0.6) is 5.88 Å². The average Bonchev–Trinajstić information content (AvgIpc) is 2.15. The number of nitrogens with one attached hydrogen (secondary N) is 2. The minimum atomic E-state index is 0.514. The number of rotatable bonds is 0. The quantitative estimate of drug-likeness (QED) is 0.465. The fraction of sp³-hybridized carbons (Fsp3) is 0. The number of aromatic amines is 1. The molecule has 1 unspecified atom stereocenters. The summed E-state index contributed by atoms with van der Waals surface area (Å²) in [6.45, 7) is 0. The van der Waals surface area contributed by atoms with Crippen LogP contribution in [0.1, 0.15) is 0 Å². The van der Waals surface area contributed by atoms with Gasteiger partial charge in [0.05, 0.1) is 6.33 Å². The fourth-order valence-electron chi connectivity index (χ4n) is 0.574. The van der Waals surface area contributed by atoms with Gasteiger partial charge in [-0.2, -0.15) is 0 Å². The van der Waals surface area contributed by atoms with E-state index in [0.717, 1.165) is 5.44 Å². The van der Waals surface area contributed by atoms with Gasteiger partial charge >= 0.3 is 0 Å². The number of hydrogen-bond donors (Lipinski definition) is 2. The third-order valence-corrected chi connectivity index (χ3v) is 1.74. The number of hydrogen-bond acceptors (Lipinski definition) is 3. The molecule has 2 heterocycles. The lowest BCUT2D eigenvalue weighted by Crippen LogP contribution is -1.99. The number of nitrogens with zero attached hydrogens (tertiary/aromatic N) is 1. The van der Waals surface area contributed by atoms with E-state index < -0.39 is 0 Å². The van der Waals surface area contributed by atoms with Crippen molar-refractivity contribution in [2.75, 3.05) is 0 Å². The highest BCUT2D eigenvalue weighted by Gasteiger charge is 2.12. The highest BCUT2D eigenvalue weighted by Crippen LogP contribution is 2.17. The Kier molecular flexibility index (Phi) is 0.771. The van der Waals surface area contributed by atoms with Gasteiger partial charge in [0.15, 0.2) is 0 Å². The summed E-state index contributed by atoms with van der Waals surface area (Å²) < 4.78 is 0. The van der Waals surface area contributed by atoms with E-state index in [-0.39, 0.29) is 0 Å². The van der Waals surface area contributed by atoms with Crippen molar-refractivity contribution in [1.82, 2.24) is 15.2 Å². The lowest BCUT2D eigenvalue weighted by Gasteiger charge is -1.85. The summed E-state index contributed by atoms with van der Waals surface area (Å²) in [5.74, 6) is 0.684. The SMILES string of the molecule is c1nc2c([nH]1)PNO2. The van der Waals surface area contributed by atoms with E-state index in [1.165, 1.54) is 0 Å². The second-order valence-electron chi connectivity index (χ2n) is 1.41. The molecule has 5 heteroatoms. The first-order chi connectivity index (χ1) is 3.97. The van der Waals surface area contributed by atoms with Gasteiger partial charge in [0.25, 0.3) is 5.88 Å². The molecule has 0 aliphatic carbocycles. The molecule has 4 nitrogen and oxygen atoms in total. The lowest BCUT2D eigenvalue weighted by atomic mass is 10.9. The molecule has 1 aliphatic rings. The van der Waals surface area contributed by atoms with Gasteiger partial charge in [-0.25, -0.2) is 4.98 Å². The van der Waals surface area contributed by atoms with Crippen LogP contribution in [0.4, 0.5) is 0 Å². The molecule has 0 amide bonds. The van der Waals surface area contributed by atoms with E-state index in [1.54, 1.807) is 6.33 Å². The van der Waals surface area contributed by atoms with E-state index >= 15 is 0 Å². The molecule has 2 rings (SSSR count). The number of aromatic nitrogens is 2. The summed E-state index contributed by atoms with van der Waals surface area (Å²) in [7, 11) is 0.514. The highest BCUT2D eigenvalue weighted by molar-refractivity contribution is 7.45. The Bertz CT molecular complexity index is 180. The van der Waals surface area contributed by atoms with Crippen LogP contribution < -0.4 is 15.5 Å². The van der Waals surface area contributed by atoms with Gasteiger partial charge in [-0.3, -0.25) is 0 Å². The molecule has 0 spiro atoms. The van der Waals surface area contributed by atoms with Crippen molar-refractivity contribution in [2.45, 2.75) is 0 Å². The zero-order valence-electron chi connectivity index (χ0n) is 3.93. The van der Waals surface area contributed by atoms with Gasteiger partial charge in [0, 0.05) is 8.73 Å². The Labute approximate surface area is 47.4 Å². The topological polar surface area (TPSA) is 49.9 Å². The Hall–Kier alpha value is -0.600. The first-order valence-corrected chi connectivity index (χ1v) is 3.18. The second-order valence-corrected chi connectivity index (χ2v) is 2.37. The van der Waals surface area contributed by atoms with Crippen LogP contribution in [-0.2, 0) is 0 Å². The first kappa shape index (κ1) is 4.30. The van der Waals surface area contributed by atoms with Crippen molar-refractivity contribution in [3.63, 3.8) is 0 Å². The summed E-state index contributed by atoms with van der Waals surface area (Å²) in [5, 5.41) is 2.70. The Balaban J connectivity index is 2.54. The molecular formula is C3H4N3OP. The van der Waals surface area contributed by atoms with Crippen LogP contribution >= 0.6 is 8.73 Å². The van der Waals surface area contributed by atoms with Crippen LogP contribution in [-0.4, -0.2) is 9.97 Å². The Morgan fingerprint density at radius 3 is 3.62 bits per heavy atom. The van der Waals surface area contributed by atoms with Gasteiger partial charge in [0.2, 0.25) is 0 Å². The van der Waals surface area contributed by atoms with E-state index in [0.29, 0.717) is 14.6 Å². The van der Waals surface area contributed by atoms with Crippen molar-refractivity contribution in [3.8, 4) is 5.88 Å². The predicted octanol–water partition coefficient (Wildman–Crippen LogP) is -0.475. The third kappa shape index (κ3) is 0.441. The minimum absolute atomic E-state index is 0.514. The van der Waals surface area contributed by atoms with E-state index in [9.17, 15) is 0 Å². The predicted molar refractivity (Wildman–Crippen MR) is 30.3 cm³/mol. The standard InChI is InChI=1S/C3H4N3OP/c1-4-2-3(5-1)8-6-7-2/h1,6,8H,(H,4,5). The van der Waals surface area contributed by atoms with Crippen LogP contribution in [0.3, 0.4) is 0 Å². The van der Waals surface area contributed by atoms with Gasteiger partial charge in [-0.15, -0.1) is 5.25 Å². The van der Waals surface area contributed by atoms with Gasteiger partial charge < -0.3 is 9.82 Å². The molecule has 0 fully saturated rings. The maximum Gasteiger partial charge on any atom is 0.264 e. The molecule has 1 aromatic heterocycles. The van der Waals surface area contributed by atoms with E-state index in [4.69, 9.17) is 4.84 Å². The molecule has 0 saturated carbocycles. The number of H-pyrrole nitrogens is 1. The van der Waals surface area contributed by atoms with Gasteiger partial charge in [-0.1, -0.05) is 0 Å². The Morgan fingerprint density at radius 1 is 1.75 bits per heavy atom. The Morgan fingerprint density at radius 2 is 2.75 bits per heavy atom. The maximum atomic E-state index is 4.86. The summed E-state index contributed by atoms with van der Waals surface area (Å²) >= 11 is 0. The molecule has 1 aliphatic heterocycles. The van der Waals surface area contributed by atoms with Crippen LogP contribution in [0.2, 0.25) is 0 Å². The summed E-state index contributed by atoms with van der Waals surface area (Å²) in [6.07, 6.45) is 1.62. The average molecular weight is 129 g/mol. The molecule has 1 atom stereocenters. The fourth-order valence-corrected chi connectivity index (χ4v) is 1.18. The zero-order valence-corrected chi connectivity index (χ0v) is 4.93. The monoisotopic (exact) mass is 129 g/mol. The smallest absolute Gasteiger partial charge is 0.264 e. The molecule has 8 heavy (non-hydrogen) atoms. The van der Waals surface area contributed by atoms with Crippen molar-refractivity contribution < 1.29 is 4.84 Å². The van der Waals surface area contributed by atoms with Gasteiger partial charge in [0.1, 0.15) is 5.44 Å². The second kappa shape index (κ2) is 1.44. The zero-order chi connectivity index (χ0) is 5.40. The molecule has 2 N–H and O–H groups in total. The molecule has 0 bridgehead atoms. The minimum Gasteiger partial charge on any atom is -0.382 e. The molecule has 0 radical (unpaired) electrons. The van der Waals surface area contributed by atoms with Crippen molar-refractivity contribution in [1.29, 1.82) is 0 Å². The maximum absolute atomic E-state index is 4.86. The number of fused-ring (bicyclic) bond motifs is 1. The highest BCUT2D eigenvalue weighted by atomic mass is 31.1.